The molecule has 1 aromatic rings. The van der Waals surface area contributed by atoms with Crippen molar-refractivity contribution >= 4 is 10.0 Å². The van der Waals surface area contributed by atoms with Crippen molar-refractivity contribution in [2.75, 3.05) is 33.0 Å². The van der Waals surface area contributed by atoms with Gasteiger partial charge in [-0.05, 0) is 6.42 Å². The normalized spacial score (nSPS) is 12.2. The lowest BCUT2D eigenvalue weighted by Crippen LogP contribution is -2.31. The molecule has 1 rings (SSSR count). The van der Waals surface area contributed by atoms with Gasteiger partial charge in [-0.1, -0.05) is 5.21 Å². The largest absolute Gasteiger partial charge is 0.396 e. The molecule has 9 heteroatoms. The number of hydrogen-bond acceptors (Lipinski definition) is 6. The molecular formula is C10H21N5O3S. The summed E-state index contributed by atoms with van der Waals surface area (Å²) in [5.41, 5.74) is 0.750. The van der Waals surface area contributed by atoms with Gasteiger partial charge in [0.05, 0.1) is 11.4 Å². The molecule has 0 aliphatic rings. The van der Waals surface area contributed by atoms with Crippen LogP contribution in [-0.4, -0.2) is 65.8 Å². The molecule has 0 saturated carbocycles. The molecule has 0 aliphatic heterocycles. The van der Waals surface area contributed by atoms with E-state index in [2.05, 4.69) is 15.6 Å². The number of nitrogens with zero attached hydrogens (tertiary/aromatic N) is 4. The summed E-state index contributed by atoms with van der Waals surface area (Å²) >= 11 is 0. The summed E-state index contributed by atoms with van der Waals surface area (Å²) in [6.45, 7) is 1.58. The maximum Gasteiger partial charge on any atom is 0.214 e. The quantitative estimate of drug-likeness (QED) is 0.545. The van der Waals surface area contributed by atoms with Crippen LogP contribution in [0.25, 0.3) is 0 Å². The van der Waals surface area contributed by atoms with E-state index in [1.165, 1.54) is 18.4 Å². The predicted molar refractivity (Wildman–Crippen MR) is 70.9 cm³/mol. The fraction of sp³-hybridized carbons (Fsp3) is 0.800. The second-order valence-electron chi connectivity index (χ2n) is 4.33. The van der Waals surface area contributed by atoms with E-state index in [4.69, 9.17) is 5.11 Å². The third-order valence-electron chi connectivity index (χ3n) is 2.53. The van der Waals surface area contributed by atoms with E-state index < -0.39 is 10.0 Å². The molecule has 19 heavy (non-hydrogen) atoms. The molecule has 1 heterocycles. The Bertz CT molecular complexity index is 471. The Labute approximate surface area is 113 Å². The van der Waals surface area contributed by atoms with Gasteiger partial charge in [-0.15, -0.1) is 5.10 Å². The molecule has 110 valence electrons. The van der Waals surface area contributed by atoms with Crippen molar-refractivity contribution in [1.82, 2.24) is 24.6 Å². The Morgan fingerprint density at radius 2 is 2.21 bits per heavy atom. The van der Waals surface area contributed by atoms with Gasteiger partial charge in [-0.25, -0.2) is 12.7 Å². The number of hydrogen-bond donors (Lipinski definition) is 2. The Hall–Kier alpha value is -1.03. The summed E-state index contributed by atoms with van der Waals surface area (Å²) in [6, 6.07) is 0. The third kappa shape index (κ3) is 5.64. The second kappa shape index (κ2) is 7.53. The predicted octanol–water partition coefficient (Wildman–Crippen LogP) is -1.36. The van der Waals surface area contributed by atoms with Crippen molar-refractivity contribution in [1.29, 1.82) is 0 Å². The zero-order chi connectivity index (χ0) is 14.3. The molecular weight excluding hydrogens is 270 g/mol. The molecule has 0 atom stereocenters. The zero-order valence-electron chi connectivity index (χ0n) is 11.3. The molecule has 1 aromatic heterocycles. The van der Waals surface area contributed by atoms with Crippen molar-refractivity contribution in [2.45, 2.75) is 19.5 Å². The van der Waals surface area contributed by atoms with Crippen LogP contribution in [0.3, 0.4) is 0 Å². The summed E-state index contributed by atoms with van der Waals surface area (Å²) in [4.78, 5) is 0. The van der Waals surface area contributed by atoms with Gasteiger partial charge in [-0.3, -0.25) is 4.68 Å². The van der Waals surface area contributed by atoms with E-state index in [9.17, 15) is 8.42 Å². The summed E-state index contributed by atoms with van der Waals surface area (Å²) in [5.74, 6) is 0.0542. The van der Waals surface area contributed by atoms with Gasteiger partial charge in [0, 0.05) is 46.5 Å². The molecule has 0 unspecified atom stereocenters. The van der Waals surface area contributed by atoms with Gasteiger partial charge in [0.2, 0.25) is 10.0 Å². The van der Waals surface area contributed by atoms with Crippen LogP contribution in [0.4, 0.5) is 0 Å². The first kappa shape index (κ1) is 16.0. The van der Waals surface area contributed by atoms with Crippen molar-refractivity contribution in [3.63, 3.8) is 0 Å². The van der Waals surface area contributed by atoms with Crippen LogP contribution in [-0.2, 0) is 23.1 Å². The topological polar surface area (TPSA) is 100 Å². The zero-order valence-corrected chi connectivity index (χ0v) is 12.1. The van der Waals surface area contributed by atoms with E-state index in [-0.39, 0.29) is 12.4 Å². The number of aliphatic hydroxyl groups is 1. The van der Waals surface area contributed by atoms with E-state index in [0.717, 1.165) is 5.69 Å². The number of aryl methyl sites for hydroxylation is 1. The third-order valence-corrected chi connectivity index (χ3v) is 4.36. The highest BCUT2D eigenvalue weighted by Crippen LogP contribution is 1.95. The van der Waals surface area contributed by atoms with Crippen molar-refractivity contribution in [3.05, 3.63) is 11.9 Å². The first-order valence-corrected chi connectivity index (χ1v) is 7.67. The SMILES string of the molecule is CN(C)S(=O)(=O)CCNCc1cn(CCCO)nn1. The number of nitrogens with one attached hydrogen (secondary N) is 1. The Morgan fingerprint density at radius 3 is 2.84 bits per heavy atom. The van der Waals surface area contributed by atoms with Crippen molar-refractivity contribution < 1.29 is 13.5 Å². The minimum atomic E-state index is -3.16. The first-order chi connectivity index (χ1) is 8.95. The van der Waals surface area contributed by atoms with E-state index in [0.29, 0.717) is 26.1 Å². The second-order valence-corrected chi connectivity index (χ2v) is 6.63. The van der Waals surface area contributed by atoms with E-state index in [1.807, 2.05) is 0 Å². The van der Waals surface area contributed by atoms with Gasteiger partial charge in [-0.2, -0.15) is 0 Å². The van der Waals surface area contributed by atoms with Crippen LogP contribution in [0.5, 0.6) is 0 Å². The molecule has 0 aromatic carbocycles. The smallest absolute Gasteiger partial charge is 0.214 e. The van der Waals surface area contributed by atoms with E-state index >= 15 is 0 Å². The van der Waals surface area contributed by atoms with Crippen LogP contribution in [0, 0.1) is 0 Å². The molecule has 0 radical (unpaired) electrons. The molecule has 0 amide bonds. The lowest BCUT2D eigenvalue weighted by Gasteiger charge is -2.10. The van der Waals surface area contributed by atoms with Gasteiger partial charge in [0.25, 0.3) is 0 Å². The monoisotopic (exact) mass is 291 g/mol. The number of rotatable bonds is 9. The van der Waals surface area contributed by atoms with Gasteiger partial charge >= 0.3 is 0 Å². The minimum Gasteiger partial charge on any atom is -0.396 e. The summed E-state index contributed by atoms with van der Waals surface area (Å²) in [6.07, 6.45) is 2.42. The van der Waals surface area contributed by atoms with Crippen LogP contribution in [0.2, 0.25) is 0 Å². The molecule has 8 nitrogen and oxygen atoms in total. The Balaban J connectivity index is 2.28. The average molecular weight is 291 g/mol. The minimum absolute atomic E-state index is 0.0542. The first-order valence-electron chi connectivity index (χ1n) is 6.06. The van der Waals surface area contributed by atoms with Crippen LogP contribution < -0.4 is 5.32 Å². The summed E-state index contributed by atoms with van der Waals surface area (Å²) in [5, 5.41) is 19.6. The maximum atomic E-state index is 11.5. The number of sulfonamides is 1. The fourth-order valence-corrected chi connectivity index (χ4v) is 2.13. The summed E-state index contributed by atoms with van der Waals surface area (Å²) in [7, 11) is -0.126. The maximum absolute atomic E-state index is 11.5. The standard InChI is InChI=1S/C10H21N5O3S/c1-14(2)19(17,18)7-4-11-8-10-9-15(13-12-10)5-3-6-16/h9,11,16H,3-8H2,1-2H3. The number of aromatic nitrogens is 3. The highest BCUT2D eigenvalue weighted by atomic mass is 32.2. The Kier molecular flexibility index (Phi) is 6.35. The van der Waals surface area contributed by atoms with Gasteiger partial charge in [0.15, 0.2) is 0 Å². The fourth-order valence-electron chi connectivity index (χ4n) is 1.36. The molecule has 0 fully saturated rings. The molecule has 0 aliphatic carbocycles. The molecule has 2 N–H and O–H groups in total. The molecule has 0 spiro atoms. The van der Waals surface area contributed by atoms with Crippen LogP contribution >= 0.6 is 0 Å². The highest BCUT2D eigenvalue weighted by Gasteiger charge is 2.12. The van der Waals surface area contributed by atoms with E-state index in [1.54, 1.807) is 10.9 Å². The molecule has 0 bridgehead atoms. The van der Waals surface area contributed by atoms with Crippen molar-refractivity contribution in [2.24, 2.45) is 0 Å². The lowest BCUT2D eigenvalue weighted by atomic mass is 10.4. The highest BCUT2D eigenvalue weighted by molar-refractivity contribution is 7.89. The van der Waals surface area contributed by atoms with Crippen molar-refractivity contribution in [3.8, 4) is 0 Å². The Morgan fingerprint density at radius 1 is 1.47 bits per heavy atom. The van der Waals surface area contributed by atoms with Crippen LogP contribution in [0.15, 0.2) is 6.20 Å². The average Bonchev–Trinajstić information content (AvgIpc) is 2.80. The van der Waals surface area contributed by atoms with Gasteiger partial charge in [0.1, 0.15) is 0 Å². The molecule has 0 saturated heterocycles. The van der Waals surface area contributed by atoms with Gasteiger partial charge < -0.3 is 10.4 Å². The summed E-state index contributed by atoms with van der Waals surface area (Å²) < 4.78 is 25.9. The van der Waals surface area contributed by atoms with Crippen LogP contribution in [0.1, 0.15) is 12.1 Å². The number of aliphatic hydroxyl groups excluding tert-OH is 1. The lowest BCUT2D eigenvalue weighted by molar-refractivity contribution is 0.276.